The summed E-state index contributed by atoms with van der Waals surface area (Å²) < 4.78 is 55.3. The van der Waals surface area contributed by atoms with Crippen LogP contribution < -0.4 is 5.73 Å². The molecule has 100 valence electrons. The van der Waals surface area contributed by atoms with E-state index < -0.39 is 32.3 Å². The van der Waals surface area contributed by atoms with Crippen LogP contribution in [0.5, 0.6) is 0 Å². The highest BCUT2D eigenvalue weighted by atomic mass is 32.2. The average molecular weight is 277 g/mol. The molecule has 1 aromatic carbocycles. The van der Waals surface area contributed by atoms with Crippen molar-refractivity contribution in [1.29, 1.82) is 0 Å². The van der Waals surface area contributed by atoms with E-state index in [1.807, 2.05) is 0 Å². The minimum Gasteiger partial charge on any atom is -0.399 e. The van der Waals surface area contributed by atoms with Gasteiger partial charge in [-0.2, -0.15) is 0 Å². The molecule has 4 nitrogen and oxygen atoms in total. The number of ether oxygens (including phenoxy) is 1. The molecular formula is C11H13F2NO3S. The lowest BCUT2D eigenvalue weighted by atomic mass is 10.3. The molecule has 0 unspecified atom stereocenters. The number of benzene rings is 1. The van der Waals surface area contributed by atoms with Crippen molar-refractivity contribution < 1.29 is 21.9 Å². The van der Waals surface area contributed by atoms with E-state index in [9.17, 15) is 17.2 Å². The zero-order valence-electron chi connectivity index (χ0n) is 9.53. The molecule has 1 fully saturated rings. The molecule has 0 heterocycles. The number of nitrogens with two attached hydrogens (primary N) is 1. The monoisotopic (exact) mass is 277 g/mol. The van der Waals surface area contributed by atoms with Gasteiger partial charge in [-0.25, -0.2) is 17.2 Å². The predicted octanol–water partition coefficient (Wildman–Crippen LogP) is 1.70. The largest absolute Gasteiger partial charge is 0.399 e. The molecule has 7 heteroatoms. The van der Waals surface area contributed by atoms with Crippen molar-refractivity contribution in [3.63, 3.8) is 0 Å². The van der Waals surface area contributed by atoms with E-state index in [0.717, 1.165) is 25.0 Å². The third-order valence-corrected chi connectivity index (χ3v) is 4.11. The highest BCUT2D eigenvalue weighted by molar-refractivity contribution is 7.91. The Bertz CT molecular complexity index is 532. The van der Waals surface area contributed by atoms with Crippen LogP contribution in [0.15, 0.2) is 17.0 Å². The van der Waals surface area contributed by atoms with Crippen LogP contribution in [-0.2, 0) is 14.6 Å². The molecule has 0 atom stereocenters. The van der Waals surface area contributed by atoms with Gasteiger partial charge < -0.3 is 10.5 Å². The van der Waals surface area contributed by atoms with Crippen LogP contribution in [0, 0.1) is 17.6 Å². The first-order valence-corrected chi connectivity index (χ1v) is 7.10. The minimum atomic E-state index is -4.13. The number of halogens is 2. The van der Waals surface area contributed by atoms with Gasteiger partial charge in [0.2, 0.25) is 9.84 Å². The molecule has 1 aliphatic rings. The van der Waals surface area contributed by atoms with Gasteiger partial charge in [-0.3, -0.25) is 0 Å². The molecular weight excluding hydrogens is 264 g/mol. The number of sulfone groups is 1. The first-order chi connectivity index (χ1) is 8.40. The first-order valence-electron chi connectivity index (χ1n) is 5.45. The van der Waals surface area contributed by atoms with Crippen LogP contribution >= 0.6 is 0 Å². The molecule has 1 aromatic rings. The van der Waals surface area contributed by atoms with Crippen molar-refractivity contribution in [2.75, 3.05) is 18.3 Å². The Morgan fingerprint density at radius 1 is 1.28 bits per heavy atom. The lowest BCUT2D eigenvalue weighted by molar-refractivity contribution is 0.164. The van der Waals surface area contributed by atoms with Crippen molar-refractivity contribution in [1.82, 2.24) is 0 Å². The normalized spacial score (nSPS) is 15.9. The zero-order chi connectivity index (χ0) is 13.3. The lowest BCUT2D eigenvalue weighted by Crippen LogP contribution is -2.15. The summed E-state index contributed by atoms with van der Waals surface area (Å²) in [4.78, 5) is -0.979. The smallest absolute Gasteiger partial charge is 0.208 e. The lowest BCUT2D eigenvalue weighted by Gasteiger charge is -2.08. The van der Waals surface area contributed by atoms with Crippen LogP contribution in [0.2, 0.25) is 0 Å². The molecule has 2 N–H and O–H groups in total. The SMILES string of the molecule is Nc1cc(F)c(S(=O)(=O)COCC2CC2)c(F)c1. The van der Waals surface area contributed by atoms with Crippen LogP contribution in [0.3, 0.4) is 0 Å². The predicted molar refractivity (Wildman–Crippen MR) is 61.5 cm³/mol. The Balaban J connectivity index is 2.17. The quantitative estimate of drug-likeness (QED) is 0.832. The van der Waals surface area contributed by atoms with E-state index in [4.69, 9.17) is 10.5 Å². The molecule has 1 saturated carbocycles. The minimum absolute atomic E-state index is 0.164. The fourth-order valence-corrected chi connectivity index (χ4v) is 2.69. The molecule has 0 saturated heterocycles. The van der Waals surface area contributed by atoms with Gasteiger partial charge >= 0.3 is 0 Å². The van der Waals surface area contributed by atoms with Gasteiger partial charge in [-0.1, -0.05) is 0 Å². The van der Waals surface area contributed by atoms with Crippen molar-refractivity contribution in [3.05, 3.63) is 23.8 Å². The van der Waals surface area contributed by atoms with Gasteiger partial charge in [0, 0.05) is 5.69 Å². The Labute approximate surface area is 104 Å². The van der Waals surface area contributed by atoms with Crippen molar-refractivity contribution in [2.45, 2.75) is 17.7 Å². The Morgan fingerprint density at radius 3 is 2.33 bits per heavy atom. The number of nitrogen functional groups attached to an aromatic ring is 1. The molecule has 0 radical (unpaired) electrons. The molecule has 2 rings (SSSR count). The van der Waals surface area contributed by atoms with Gasteiger partial charge in [-0.05, 0) is 30.9 Å². The zero-order valence-corrected chi connectivity index (χ0v) is 10.3. The second-order valence-corrected chi connectivity index (χ2v) is 6.23. The van der Waals surface area contributed by atoms with Gasteiger partial charge in [0.05, 0.1) is 6.61 Å². The van der Waals surface area contributed by atoms with E-state index in [1.54, 1.807) is 0 Å². The first kappa shape index (κ1) is 13.2. The molecule has 0 aromatic heterocycles. The number of anilines is 1. The summed E-state index contributed by atoms with van der Waals surface area (Å²) >= 11 is 0. The maximum Gasteiger partial charge on any atom is 0.208 e. The van der Waals surface area contributed by atoms with Gasteiger partial charge in [0.1, 0.15) is 16.5 Å². The van der Waals surface area contributed by atoms with Gasteiger partial charge in [-0.15, -0.1) is 0 Å². The molecule has 0 spiro atoms. The van der Waals surface area contributed by atoms with Crippen molar-refractivity contribution in [2.24, 2.45) is 5.92 Å². The summed E-state index contributed by atoms with van der Waals surface area (Å²) in [5.74, 6) is -2.73. The average Bonchev–Trinajstić information content (AvgIpc) is 2.98. The Hall–Kier alpha value is -1.21. The van der Waals surface area contributed by atoms with Crippen molar-refractivity contribution >= 4 is 15.5 Å². The number of rotatable bonds is 5. The Morgan fingerprint density at radius 2 is 1.83 bits per heavy atom. The van der Waals surface area contributed by atoms with E-state index in [1.165, 1.54) is 0 Å². The Kier molecular flexibility index (Phi) is 3.54. The number of hydrogen-bond acceptors (Lipinski definition) is 4. The maximum absolute atomic E-state index is 13.5. The summed E-state index contributed by atoms with van der Waals surface area (Å²) in [5.41, 5.74) is 5.05. The van der Waals surface area contributed by atoms with E-state index in [0.29, 0.717) is 12.5 Å². The summed E-state index contributed by atoms with van der Waals surface area (Å²) in [6, 6.07) is 1.55. The van der Waals surface area contributed by atoms with Crippen molar-refractivity contribution in [3.8, 4) is 0 Å². The second kappa shape index (κ2) is 4.81. The van der Waals surface area contributed by atoms with Crippen LogP contribution in [-0.4, -0.2) is 21.0 Å². The molecule has 0 aliphatic heterocycles. The summed E-state index contributed by atoms with van der Waals surface area (Å²) in [6.45, 7) is 0.303. The van der Waals surface area contributed by atoms with E-state index in [2.05, 4.69) is 0 Å². The number of hydrogen-bond donors (Lipinski definition) is 1. The van der Waals surface area contributed by atoms with E-state index >= 15 is 0 Å². The van der Waals surface area contributed by atoms with Gasteiger partial charge in [0.15, 0.2) is 5.94 Å². The summed E-state index contributed by atoms with van der Waals surface area (Å²) in [6.07, 6.45) is 2.01. The molecule has 18 heavy (non-hydrogen) atoms. The van der Waals surface area contributed by atoms with Crippen LogP contribution in [0.4, 0.5) is 14.5 Å². The van der Waals surface area contributed by atoms with Gasteiger partial charge in [0.25, 0.3) is 0 Å². The van der Waals surface area contributed by atoms with Crippen LogP contribution in [0.1, 0.15) is 12.8 Å². The topological polar surface area (TPSA) is 69.4 Å². The maximum atomic E-state index is 13.5. The second-order valence-electron chi connectivity index (χ2n) is 4.36. The molecule has 0 bridgehead atoms. The third-order valence-electron chi connectivity index (χ3n) is 2.62. The highest BCUT2D eigenvalue weighted by Crippen LogP contribution is 2.29. The third kappa shape index (κ3) is 2.97. The summed E-state index contributed by atoms with van der Waals surface area (Å²) in [7, 11) is -4.13. The standard InChI is InChI=1S/C11H13F2NO3S/c12-9-3-8(14)4-10(13)11(9)18(15,16)6-17-5-7-1-2-7/h3-4,7H,1-2,5-6,14H2. The van der Waals surface area contributed by atoms with E-state index in [-0.39, 0.29) is 5.69 Å². The van der Waals surface area contributed by atoms with Crippen LogP contribution in [0.25, 0.3) is 0 Å². The fraction of sp³-hybridized carbons (Fsp3) is 0.455. The molecule has 0 amide bonds. The molecule has 1 aliphatic carbocycles. The fourth-order valence-electron chi connectivity index (χ4n) is 1.54. The highest BCUT2D eigenvalue weighted by Gasteiger charge is 2.27. The summed E-state index contributed by atoms with van der Waals surface area (Å²) in [5, 5.41) is 0.